The van der Waals surface area contributed by atoms with E-state index in [0.29, 0.717) is 11.3 Å². The number of nitrogens with one attached hydrogen (secondary N) is 2. The van der Waals surface area contributed by atoms with Crippen molar-refractivity contribution in [1.82, 2.24) is 4.98 Å². The van der Waals surface area contributed by atoms with Gasteiger partial charge < -0.3 is 5.73 Å². The number of Topliss-reactive ketones (excluding diaryl/α,β-unsaturated/α-hetero) is 1. The Hall–Kier alpha value is -1.74. The fraction of sp³-hybridized carbons (Fsp3) is 0.125. The molecular weight excluding hydrogens is 527 g/mol. The van der Waals surface area contributed by atoms with Crippen LogP contribution in [0.1, 0.15) is 18.0 Å². The molecule has 1 atom stereocenters. The van der Waals surface area contributed by atoms with Crippen LogP contribution in [0.3, 0.4) is 0 Å². The molecule has 0 aliphatic rings. The normalized spacial score (nSPS) is 13.0. The van der Waals surface area contributed by atoms with Crippen LogP contribution < -0.4 is 15.2 Å². The van der Waals surface area contributed by atoms with Crippen LogP contribution in [0.15, 0.2) is 44.3 Å². The standard InChI is InChI=1S/C16H14Cl2N4O5S4/c1-8(23)15(19)16-20-7-14(29-16)31(26,27)22-12-6-10(18)9(17)5-11(12)21-30(24,25)13-3-2-4-28-13/h2-7,15,21-22H,19H2,1H3. The summed E-state index contributed by atoms with van der Waals surface area (Å²) in [5.41, 5.74) is 5.42. The number of hydrogen-bond acceptors (Lipinski definition) is 9. The maximum Gasteiger partial charge on any atom is 0.273 e. The van der Waals surface area contributed by atoms with Crippen molar-refractivity contribution in [2.24, 2.45) is 5.73 Å². The molecule has 0 aliphatic carbocycles. The van der Waals surface area contributed by atoms with Crippen LogP contribution in [0.4, 0.5) is 11.4 Å². The van der Waals surface area contributed by atoms with E-state index in [1.54, 1.807) is 11.4 Å². The van der Waals surface area contributed by atoms with Crippen molar-refractivity contribution >= 4 is 83.1 Å². The molecule has 0 aliphatic heterocycles. The van der Waals surface area contributed by atoms with Crippen molar-refractivity contribution < 1.29 is 21.6 Å². The molecule has 1 aromatic carbocycles. The number of sulfonamides is 2. The highest BCUT2D eigenvalue weighted by Gasteiger charge is 2.25. The Balaban J connectivity index is 1.97. The Morgan fingerprint density at radius 2 is 1.61 bits per heavy atom. The summed E-state index contributed by atoms with van der Waals surface area (Å²) in [6, 6.07) is 4.27. The summed E-state index contributed by atoms with van der Waals surface area (Å²) in [5, 5.41) is 1.73. The Morgan fingerprint density at radius 3 is 2.10 bits per heavy atom. The number of aromatic nitrogens is 1. The molecule has 2 aromatic heterocycles. The van der Waals surface area contributed by atoms with Gasteiger partial charge in [-0.3, -0.25) is 14.2 Å². The monoisotopic (exact) mass is 540 g/mol. The molecule has 3 aromatic rings. The molecule has 0 saturated carbocycles. The summed E-state index contributed by atoms with van der Waals surface area (Å²) in [5.74, 6) is -0.374. The van der Waals surface area contributed by atoms with E-state index in [9.17, 15) is 21.6 Å². The van der Waals surface area contributed by atoms with E-state index in [1.165, 1.54) is 25.1 Å². The zero-order valence-corrected chi connectivity index (χ0v) is 20.3. The van der Waals surface area contributed by atoms with Crippen molar-refractivity contribution in [3.63, 3.8) is 0 Å². The van der Waals surface area contributed by atoms with Gasteiger partial charge in [-0.25, -0.2) is 21.8 Å². The lowest BCUT2D eigenvalue weighted by Gasteiger charge is -2.14. The summed E-state index contributed by atoms with van der Waals surface area (Å²) >= 11 is 13.7. The minimum absolute atomic E-state index is 0.00188. The number of carbonyl (C=O) groups excluding carboxylic acids is 1. The van der Waals surface area contributed by atoms with Gasteiger partial charge in [0.2, 0.25) is 0 Å². The first-order valence-corrected chi connectivity index (χ1v) is 13.6. The number of nitrogens with two attached hydrogens (primary N) is 1. The van der Waals surface area contributed by atoms with Gasteiger partial charge in [0.15, 0.2) is 9.99 Å². The minimum atomic E-state index is -4.21. The number of halogens is 2. The average molecular weight is 541 g/mol. The predicted molar refractivity (Wildman–Crippen MR) is 122 cm³/mol. The molecule has 0 fully saturated rings. The molecule has 0 saturated heterocycles. The first-order chi connectivity index (χ1) is 14.4. The quantitative estimate of drug-likeness (QED) is 0.394. The number of thiophene rings is 1. The number of hydrogen-bond donors (Lipinski definition) is 3. The fourth-order valence-corrected chi connectivity index (χ4v) is 6.91. The Kier molecular flexibility index (Phi) is 6.96. The number of anilines is 2. The molecule has 3 rings (SSSR count). The van der Waals surface area contributed by atoms with E-state index < -0.39 is 26.1 Å². The first-order valence-electron chi connectivity index (χ1n) is 8.20. The van der Waals surface area contributed by atoms with Gasteiger partial charge >= 0.3 is 0 Å². The zero-order valence-electron chi connectivity index (χ0n) is 15.5. The third-order valence-corrected chi connectivity index (χ3v) is 10.2. The second-order valence-electron chi connectivity index (χ2n) is 6.06. The molecule has 31 heavy (non-hydrogen) atoms. The van der Waals surface area contributed by atoms with Gasteiger partial charge in [0.05, 0.1) is 27.6 Å². The van der Waals surface area contributed by atoms with Crippen LogP contribution in [0.25, 0.3) is 0 Å². The lowest BCUT2D eigenvalue weighted by Crippen LogP contribution is -2.18. The van der Waals surface area contributed by atoms with E-state index >= 15 is 0 Å². The molecule has 0 spiro atoms. The van der Waals surface area contributed by atoms with Crippen LogP contribution >= 0.6 is 45.9 Å². The lowest BCUT2D eigenvalue weighted by molar-refractivity contribution is -0.118. The number of rotatable bonds is 8. The summed E-state index contributed by atoms with van der Waals surface area (Å²) in [6.45, 7) is 1.26. The van der Waals surface area contributed by atoms with Crippen molar-refractivity contribution in [2.45, 2.75) is 21.4 Å². The molecule has 4 N–H and O–H groups in total. The van der Waals surface area contributed by atoms with Crippen LogP contribution in [0.2, 0.25) is 10.0 Å². The average Bonchev–Trinajstić information content (AvgIpc) is 3.37. The fourth-order valence-electron chi connectivity index (χ4n) is 2.24. The Morgan fingerprint density at radius 1 is 1.06 bits per heavy atom. The van der Waals surface area contributed by atoms with Gasteiger partial charge in [0.25, 0.3) is 20.0 Å². The summed E-state index contributed by atoms with van der Waals surface area (Å²) in [7, 11) is -8.20. The summed E-state index contributed by atoms with van der Waals surface area (Å²) in [6.07, 6.45) is 1.05. The van der Waals surface area contributed by atoms with Gasteiger partial charge in [-0.1, -0.05) is 29.3 Å². The van der Waals surface area contributed by atoms with Gasteiger partial charge in [-0.2, -0.15) is 0 Å². The molecule has 1 unspecified atom stereocenters. The largest absolute Gasteiger partial charge is 0.316 e. The minimum Gasteiger partial charge on any atom is -0.316 e. The molecule has 0 amide bonds. The van der Waals surface area contributed by atoms with E-state index in [2.05, 4.69) is 14.4 Å². The maximum absolute atomic E-state index is 12.8. The number of nitrogens with zero attached hydrogens (tertiary/aromatic N) is 1. The van der Waals surface area contributed by atoms with Crippen molar-refractivity contribution in [3.8, 4) is 0 Å². The highest BCUT2D eigenvalue weighted by Crippen LogP contribution is 2.36. The van der Waals surface area contributed by atoms with Gasteiger partial charge in [0.1, 0.15) is 15.3 Å². The Bertz CT molecular complexity index is 1340. The molecular formula is C16H14Cl2N4O5S4. The van der Waals surface area contributed by atoms with Crippen molar-refractivity contribution in [2.75, 3.05) is 9.44 Å². The SMILES string of the molecule is CC(=O)C(N)c1ncc(S(=O)(=O)Nc2cc(Cl)c(Cl)cc2NS(=O)(=O)c2cccs2)s1. The van der Waals surface area contributed by atoms with Crippen molar-refractivity contribution in [1.29, 1.82) is 0 Å². The molecule has 0 radical (unpaired) electrons. The number of benzene rings is 1. The highest BCUT2D eigenvalue weighted by atomic mass is 35.5. The number of carbonyl (C=O) groups is 1. The molecule has 9 nitrogen and oxygen atoms in total. The van der Waals surface area contributed by atoms with E-state index in [1.807, 2.05) is 0 Å². The van der Waals surface area contributed by atoms with Crippen LogP contribution in [-0.4, -0.2) is 27.6 Å². The van der Waals surface area contributed by atoms with E-state index in [-0.39, 0.29) is 40.6 Å². The molecule has 15 heteroatoms. The molecule has 2 heterocycles. The summed E-state index contributed by atoms with van der Waals surface area (Å²) < 4.78 is 55.2. The van der Waals surface area contributed by atoms with Crippen LogP contribution in [-0.2, 0) is 24.8 Å². The molecule has 0 bridgehead atoms. The predicted octanol–water partition coefficient (Wildman–Crippen LogP) is 3.70. The second kappa shape index (κ2) is 9.02. The molecule has 166 valence electrons. The Labute approximate surface area is 196 Å². The smallest absolute Gasteiger partial charge is 0.273 e. The lowest BCUT2D eigenvalue weighted by atomic mass is 10.2. The van der Waals surface area contributed by atoms with E-state index in [4.69, 9.17) is 28.9 Å². The van der Waals surface area contributed by atoms with Crippen LogP contribution in [0, 0.1) is 0 Å². The second-order valence-corrected chi connectivity index (χ2v) is 12.7. The van der Waals surface area contributed by atoms with Gasteiger partial charge in [-0.05, 0) is 30.5 Å². The maximum atomic E-state index is 12.8. The topological polar surface area (TPSA) is 148 Å². The third kappa shape index (κ3) is 5.37. The first kappa shape index (κ1) is 23.9. The highest BCUT2D eigenvalue weighted by molar-refractivity contribution is 7.95. The zero-order chi connectivity index (χ0) is 23.0. The summed E-state index contributed by atoms with van der Waals surface area (Å²) in [4.78, 5) is 15.3. The van der Waals surface area contributed by atoms with Crippen LogP contribution in [0.5, 0.6) is 0 Å². The van der Waals surface area contributed by atoms with E-state index in [0.717, 1.165) is 17.5 Å². The van der Waals surface area contributed by atoms with Crippen molar-refractivity contribution in [3.05, 3.63) is 50.9 Å². The number of ketones is 1. The third-order valence-electron chi connectivity index (χ3n) is 3.78. The van der Waals surface area contributed by atoms with Gasteiger partial charge in [0, 0.05) is 0 Å². The van der Waals surface area contributed by atoms with Gasteiger partial charge in [-0.15, -0.1) is 22.7 Å². The number of thiazole rings is 1.